The van der Waals surface area contributed by atoms with Gasteiger partial charge in [-0.05, 0) is 31.4 Å². The highest BCUT2D eigenvalue weighted by Gasteiger charge is 2.10. The van der Waals surface area contributed by atoms with E-state index in [9.17, 15) is 10.1 Å². The van der Waals surface area contributed by atoms with E-state index in [-0.39, 0.29) is 9.92 Å². The molecular weight excluding hydrogens is 272 g/mol. The first-order chi connectivity index (χ1) is 9.65. The van der Waals surface area contributed by atoms with Gasteiger partial charge in [-0.1, -0.05) is 41.7 Å². The van der Waals surface area contributed by atoms with Crippen LogP contribution < -0.4 is 5.32 Å². The number of nitro groups is 1. The van der Waals surface area contributed by atoms with Crippen LogP contribution in [-0.4, -0.2) is 11.0 Å². The second-order valence-electron chi connectivity index (χ2n) is 4.80. The van der Waals surface area contributed by atoms with Gasteiger partial charge in [0.1, 0.15) is 0 Å². The quantitative estimate of drug-likeness (QED) is 0.624. The maximum atomic E-state index is 10.6. The number of thiophene rings is 1. The molecule has 0 bridgehead atoms. The highest BCUT2D eigenvalue weighted by Crippen LogP contribution is 2.23. The highest BCUT2D eigenvalue weighted by molar-refractivity contribution is 7.15. The summed E-state index contributed by atoms with van der Waals surface area (Å²) in [5.41, 5.74) is 1.34. The lowest BCUT2D eigenvalue weighted by Crippen LogP contribution is -2.25. The molecule has 0 saturated carbocycles. The van der Waals surface area contributed by atoms with Gasteiger partial charge in [0.2, 0.25) is 0 Å². The van der Waals surface area contributed by atoms with Crippen LogP contribution in [0.2, 0.25) is 0 Å². The van der Waals surface area contributed by atoms with E-state index >= 15 is 0 Å². The Morgan fingerprint density at radius 3 is 2.65 bits per heavy atom. The summed E-state index contributed by atoms with van der Waals surface area (Å²) in [6.07, 6.45) is 2.09. The van der Waals surface area contributed by atoms with Crippen LogP contribution in [0, 0.1) is 10.1 Å². The molecule has 0 radical (unpaired) electrons. The fourth-order valence-electron chi connectivity index (χ4n) is 1.96. The maximum Gasteiger partial charge on any atom is 0.324 e. The molecule has 20 heavy (non-hydrogen) atoms. The van der Waals surface area contributed by atoms with E-state index in [4.69, 9.17) is 0 Å². The summed E-state index contributed by atoms with van der Waals surface area (Å²) >= 11 is 1.24. The average molecular weight is 290 g/mol. The van der Waals surface area contributed by atoms with Gasteiger partial charge in [0.15, 0.2) is 0 Å². The minimum absolute atomic E-state index is 0.207. The van der Waals surface area contributed by atoms with Crippen molar-refractivity contribution in [2.24, 2.45) is 0 Å². The second-order valence-corrected chi connectivity index (χ2v) is 5.95. The van der Waals surface area contributed by atoms with Gasteiger partial charge >= 0.3 is 5.00 Å². The minimum Gasteiger partial charge on any atom is -0.309 e. The molecule has 0 aliphatic carbocycles. The summed E-state index contributed by atoms with van der Waals surface area (Å²) in [6.45, 7) is 2.83. The highest BCUT2D eigenvalue weighted by atomic mass is 32.1. The van der Waals surface area contributed by atoms with Crippen molar-refractivity contribution >= 4 is 16.3 Å². The van der Waals surface area contributed by atoms with Crippen molar-refractivity contribution in [2.45, 2.75) is 32.4 Å². The zero-order valence-corrected chi connectivity index (χ0v) is 12.2. The first kappa shape index (κ1) is 14.7. The Hall–Kier alpha value is -1.72. The predicted molar refractivity (Wildman–Crippen MR) is 82.0 cm³/mol. The molecule has 0 fully saturated rings. The molecule has 2 rings (SSSR count). The van der Waals surface area contributed by atoms with Crippen molar-refractivity contribution in [2.75, 3.05) is 0 Å². The van der Waals surface area contributed by atoms with Gasteiger partial charge in [-0.2, -0.15) is 0 Å². The molecule has 2 aromatic rings. The van der Waals surface area contributed by atoms with E-state index in [0.29, 0.717) is 12.6 Å². The standard InChI is InChI=1S/C15H18N2O2S/c1-12(7-8-13-5-3-2-4-6-13)16-11-14-9-10-15(20-14)17(18)19/h2-6,9-10,12,16H,7-8,11H2,1H3. The van der Waals surface area contributed by atoms with Crippen LogP contribution in [0.15, 0.2) is 42.5 Å². The Balaban J connectivity index is 1.74. The Morgan fingerprint density at radius 2 is 2.00 bits per heavy atom. The molecule has 1 heterocycles. The molecule has 0 aliphatic rings. The fraction of sp³-hybridized carbons (Fsp3) is 0.333. The van der Waals surface area contributed by atoms with Gasteiger partial charge in [0.25, 0.3) is 0 Å². The smallest absolute Gasteiger partial charge is 0.309 e. The molecule has 1 atom stereocenters. The Morgan fingerprint density at radius 1 is 1.25 bits per heavy atom. The van der Waals surface area contributed by atoms with Gasteiger partial charge in [-0.3, -0.25) is 10.1 Å². The van der Waals surface area contributed by atoms with Gasteiger partial charge in [-0.15, -0.1) is 0 Å². The van der Waals surface area contributed by atoms with Crippen molar-refractivity contribution in [3.8, 4) is 0 Å². The molecule has 106 valence electrons. The topological polar surface area (TPSA) is 55.2 Å². The number of rotatable bonds is 7. The number of hydrogen-bond acceptors (Lipinski definition) is 4. The molecular formula is C15H18N2O2S. The molecule has 0 spiro atoms. The molecule has 0 amide bonds. The molecule has 1 aromatic carbocycles. The molecule has 1 aromatic heterocycles. The molecule has 0 aliphatic heterocycles. The van der Waals surface area contributed by atoms with Gasteiger partial charge in [-0.25, -0.2) is 0 Å². The average Bonchev–Trinajstić information content (AvgIpc) is 2.93. The Bertz CT molecular complexity index is 554. The number of hydrogen-bond donors (Lipinski definition) is 1. The third-order valence-electron chi connectivity index (χ3n) is 3.16. The van der Waals surface area contributed by atoms with Crippen molar-refractivity contribution in [3.05, 3.63) is 63.0 Å². The first-order valence-corrected chi connectivity index (χ1v) is 7.47. The van der Waals surface area contributed by atoms with Gasteiger partial charge in [0, 0.05) is 23.5 Å². The summed E-state index contributed by atoms with van der Waals surface area (Å²) < 4.78 is 0. The van der Waals surface area contributed by atoms with E-state index in [1.807, 2.05) is 12.1 Å². The lowest BCUT2D eigenvalue weighted by molar-refractivity contribution is -0.380. The van der Waals surface area contributed by atoms with E-state index in [1.165, 1.54) is 16.9 Å². The van der Waals surface area contributed by atoms with Crippen LogP contribution in [-0.2, 0) is 13.0 Å². The zero-order valence-electron chi connectivity index (χ0n) is 11.4. The number of benzene rings is 1. The zero-order chi connectivity index (χ0) is 14.4. The molecule has 1 unspecified atom stereocenters. The number of aryl methyl sites for hydroxylation is 1. The lowest BCUT2D eigenvalue weighted by Gasteiger charge is -2.12. The van der Waals surface area contributed by atoms with Crippen molar-refractivity contribution in [1.29, 1.82) is 0 Å². The third-order valence-corrected chi connectivity index (χ3v) is 4.20. The lowest BCUT2D eigenvalue weighted by atomic mass is 10.1. The summed E-state index contributed by atoms with van der Waals surface area (Å²) in [6, 6.07) is 14.2. The SMILES string of the molecule is CC(CCc1ccccc1)NCc1ccc([N+](=O)[O-])s1. The summed E-state index contributed by atoms with van der Waals surface area (Å²) in [7, 11) is 0. The van der Waals surface area contributed by atoms with Crippen LogP contribution in [0.1, 0.15) is 23.8 Å². The van der Waals surface area contributed by atoms with Crippen molar-refractivity contribution < 1.29 is 4.92 Å². The monoisotopic (exact) mass is 290 g/mol. The van der Waals surface area contributed by atoms with Crippen molar-refractivity contribution in [1.82, 2.24) is 5.32 Å². The van der Waals surface area contributed by atoms with E-state index in [2.05, 4.69) is 36.5 Å². The third kappa shape index (κ3) is 4.43. The van der Waals surface area contributed by atoms with E-state index < -0.39 is 0 Å². The maximum absolute atomic E-state index is 10.6. The fourth-order valence-corrected chi connectivity index (χ4v) is 2.74. The largest absolute Gasteiger partial charge is 0.324 e. The summed E-state index contributed by atoms with van der Waals surface area (Å²) in [4.78, 5) is 11.3. The van der Waals surface area contributed by atoms with Crippen molar-refractivity contribution in [3.63, 3.8) is 0 Å². The molecule has 0 saturated heterocycles. The molecule has 5 heteroatoms. The van der Waals surface area contributed by atoms with E-state index in [1.54, 1.807) is 6.07 Å². The summed E-state index contributed by atoms with van der Waals surface area (Å²) in [5.74, 6) is 0. The molecule has 1 N–H and O–H groups in total. The van der Waals surface area contributed by atoms with Crippen LogP contribution in [0.3, 0.4) is 0 Å². The van der Waals surface area contributed by atoms with Gasteiger partial charge in [0.05, 0.1) is 4.92 Å². The van der Waals surface area contributed by atoms with Crippen LogP contribution in [0.4, 0.5) is 5.00 Å². The first-order valence-electron chi connectivity index (χ1n) is 6.65. The van der Waals surface area contributed by atoms with Gasteiger partial charge < -0.3 is 5.32 Å². The predicted octanol–water partition coefficient (Wildman–Crippen LogP) is 3.77. The second kappa shape index (κ2) is 7.17. The Kier molecular flexibility index (Phi) is 5.26. The number of nitrogens with zero attached hydrogens (tertiary/aromatic N) is 1. The normalized spacial score (nSPS) is 12.2. The van der Waals surface area contributed by atoms with Crippen LogP contribution >= 0.6 is 11.3 Å². The Labute approximate surface area is 122 Å². The summed E-state index contributed by atoms with van der Waals surface area (Å²) in [5, 5.41) is 14.2. The number of nitrogens with one attached hydrogen (secondary N) is 1. The minimum atomic E-state index is -0.340. The van der Waals surface area contributed by atoms with Crippen LogP contribution in [0.25, 0.3) is 0 Å². The molecule has 4 nitrogen and oxygen atoms in total. The van der Waals surface area contributed by atoms with E-state index in [0.717, 1.165) is 17.7 Å². The van der Waals surface area contributed by atoms with Crippen LogP contribution in [0.5, 0.6) is 0 Å².